The molecule has 2 aromatic carbocycles. The van der Waals surface area contributed by atoms with Gasteiger partial charge in [-0.25, -0.2) is 9.78 Å². The minimum absolute atomic E-state index is 0.0498. The first-order valence-electron chi connectivity index (χ1n) is 22.9. The number of aromatic amines is 2. The number of fused-ring (bicyclic) bond motifs is 3. The molecule has 372 valence electrons. The molecule has 7 atom stereocenters. The van der Waals surface area contributed by atoms with Gasteiger partial charge in [-0.3, -0.25) is 48.7 Å². The Labute approximate surface area is 401 Å². The number of rotatable bonds is 11. The summed E-state index contributed by atoms with van der Waals surface area (Å²) >= 11 is 0. The molecule has 2 aliphatic rings. The molecular formula is C46H59N15O9. The Morgan fingerprint density at radius 1 is 0.757 bits per heavy atom. The van der Waals surface area contributed by atoms with Crippen molar-refractivity contribution in [3.63, 3.8) is 0 Å². The van der Waals surface area contributed by atoms with Gasteiger partial charge in [0.15, 0.2) is 5.96 Å². The van der Waals surface area contributed by atoms with Crippen LogP contribution >= 0.6 is 0 Å². The van der Waals surface area contributed by atoms with E-state index in [4.69, 9.17) is 16.9 Å². The molecule has 4 heterocycles. The fraction of sp³-hybridized carbons (Fsp3) is 0.413. The monoisotopic (exact) mass is 965 g/mol. The molecule has 1 unspecified atom stereocenters. The van der Waals surface area contributed by atoms with Gasteiger partial charge < -0.3 is 64.0 Å². The molecule has 2 saturated heterocycles. The quantitative estimate of drug-likeness (QED) is 0.0339. The lowest BCUT2D eigenvalue weighted by atomic mass is 10.0. The van der Waals surface area contributed by atoms with Crippen molar-refractivity contribution in [1.29, 1.82) is 5.41 Å². The minimum atomic E-state index is -1.46. The Balaban J connectivity index is 1.35. The molecule has 2 aromatic heterocycles. The number of aromatic nitrogens is 3. The van der Waals surface area contributed by atoms with Gasteiger partial charge in [0.05, 0.1) is 12.7 Å². The largest absolute Gasteiger partial charge is 0.370 e. The van der Waals surface area contributed by atoms with E-state index in [1.807, 2.05) is 24.3 Å². The first kappa shape index (κ1) is 51.1. The molecule has 10 amide bonds. The summed E-state index contributed by atoms with van der Waals surface area (Å²) in [6.07, 6.45) is 4.46. The minimum Gasteiger partial charge on any atom is -0.370 e. The van der Waals surface area contributed by atoms with Crippen LogP contribution in [-0.4, -0.2) is 134 Å². The second-order valence-corrected chi connectivity index (χ2v) is 17.2. The van der Waals surface area contributed by atoms with Gasteiger partial charge in [-0.1, -0.05) is 48.5 Å². The number of carbonyl (C=O) groups excluding carboxylic acids is 9. The molecule has 15 N–H and O–H groups in total. The number of benzene rings is 2. The van der Waals surface area contributed by atoms with Gasteiger partial charge in [-0.05, 0) is 56.2 Å². The number of nitrogens with zero attached hydrogens (tertiary/aromatic N) is 2. The smallest absolute Gasteiger partial charge is 0.325 e. The van der Waals surface area contributed by atoms with Crippen molar-refractivity contribution < 1.29 is 43.2 Å². The summed E-state index contributed by atoms with van der Waals surface area (Å²) in [5.41, 5.74) is 13.7. The van der Waals surface area contributed by atoms with E-state index in [1.165, 1.54) is 19.4 Å². The number of guanidine groups is 1. The maximum Gasteiger partial charge on any atom is 0.325 e. The molecule has 70 heavy (non-hydrogen) atoms. The number of nitrogens with two attached hydrogens (primary N) is 2. The van der Waals surface area contributed by atoms with Crippen molar-refractivity contribution >= 4 is 70.2 Å². The number of amides is 10. The van der Waals surface area contributed by atoms with E-state index in [1.54, 1.807) is 36.5 Å². The summed E-state index contributed by atoms with van der Waals surface area (Å²) in [7, 11) is 0. The van der Waals surface area contributed by atoms with Crippen LogP contribution in [0.1, 0.15) is 62.3 Å². The standard InChI is InChI=1S/C46H59N15O9/c1-25-39(64)57-35(20-28-23-50-24-54-28)43(68)58-33(18-26-10-3-2-4-11-26)41(66)56-32(15-9-17-52-45(48)49)40(65)59-34(19-27-22-53-30-13-6-5-12-29(27)30)42(67)55-31(38(47)63)14-7-8-16-51-37(62)21-36-44(69)61(25)46(70)60-36/h2-6,10-13,22-25,31-36,53H,7-9,14-21H2,1H3,(H2,47,63)(H,50,54)(H,51,62)(H,55,67)(H,56,66)(H,57,64)(H,58,68)(H,59,65)(H,60,70)(H4,48,49,52)/t25-,31?,32+,33-,34+,35+,36+/m1/s1. The fourth-order valence-corrected chi connectivity index (χ4v) is 8.21. The average Bonchev–Trinajstić information content (AvgIpc) is 4.07. The summed E-state index contributed by atoms with van der Waals surface area (Å²) < 4.78 is 0. The van der Waals surface area contributed by atoms with Crippen LogP contribution in [0.2, 0.25) is 0 Å². The van der Waals surface area contributed by atoms with Gasteiger partial charge >= 0.3 is 6.03 Å². The van der Waals surface area contributed by atoms with E-state index in [0.717, 1.165) is 10.9 Å². The summed E-state index contributed by atoms with van der Waals surface area (Å²) in [4.78, 5) is 135. The molecule has 0 saturated carbocycles. The summed E-state index contributed by atoms with van der Waals surface area (Å²) in [5.74, 6) is -6.76. The third-order valence-electron chi connectivity index (χ3n) is 12.0. The van der Waals surface area contributed by atoms with E-state index in [9.17, 15) is 43.2 Å². The number of carbonyl (C=O) groups is 9. The third-order valence-corrected chi connectivity index (χ3v) is 12.0. The highest BCUT2D eigenvalue weighted by molar-refractivity contribution is 6.09. The number of nitrogens with one attached hydrogen (secondary N) is 11. The molecular weight excluding hydrogens is 907 g/mol. The van der Waals surface area contributed by atoms with Crippen LogP contribution in [0.25, 0.3) is 10.9 Å². The van der Waals surface area contributed by atoms with Gasteiger partial charge in [0.1, 0.15) is 42.3 Å². The first-order valence-corrected chi connectivity index (χ1v) is 22.9. The van der Waals surface area contributed by atoms with Crippen LogP contribution in [-0.2, 0) is 57.6 Å². The molecule has 2 fully saturated rings. The maximum atomic E-state index is 14.6. The average molecular weight is 966 g/mol. The SMILES string of the molecule is C[C@@H]1C(=O)N[C@@H](Cc2cnc[nH]2)C(=O)N[C@H](Cc2ccccc2)C(=O)N[C@@H](CCCNC(=N)N)C(=O)N[C@@H](Cc2c[nH]c3ccccc23)C(=O)NC(C(N)=O)CCCCNC(=O)C[C@@H]2NC(=O)N1C2=O. The first-order chi connectivity index (χ1) is 33.6. The summed E-state index contributed by atoms with van der Waals surface area (Å²) in [6, 6.07) is 5.58. The zero-order valence-corrected chi connectivity index (χ0v) is 38.5. The lowest BCUT2D eigenvalue weighted by Crippen LogP contribution is -2.60. The fourth-order valence-electron chi connectivity index (χ4n) is 8.21. The molecule has 2 bridgehead atoms. The zero-order valence-electron chi connectivity index (χ0n) is 38.5. The lowest BCUT2D eigenvalue weighted by Gasteiger charge is -2.28. The van der Waals surface area contributed by atoms with Crippen molar-refractivity contribution in [2.45, 2.75) is 107 Å². The Morgan fingerprint density at radius 2 is 1.40 bits per heavy atom. The van der Waals surface area contributed by atoms with Gasteiger partial charge in [-0.2, -0.15) is 0 Å². The normalized spacial score (nSPS) is 23.8. The van der Waals surface area contributed by atoms with Crippen LogP contribution in [0, 0.1) is 5.41 Å². The second kappa shape index (κ2) is 24.1. The lowest BCUT2D eigenvalue weighted by molar-refractivity contribution is -0.138. The summed E-state index contributed by atoms with van der Waals surface area (Å²) in [6.45, 7) is 1.50. The van der Waals surface area contributed by atoms with Gasteiger partial charge in [0.25, 0.3) is 5.91 Å². The number of urea groups is 1. The van der Waals surface area contributed by atoms with Crippen molar-refractivity contribution in [1.82, 2.24) is 62.4 Å². The van der Waals surface area contributed by atoms with Crippen molar-refractivity contribution in [2.24, 2.45) is 11.5 Å². The summed E-state index contributed by atoms with van der Waals surface area (Å²) in [5, 5.41) is 29.7. The van der Waals surface area contributed by atoms with Crippen LogP contribution in [0.5, 0.6) is 0 Å². The van der Waals surface area contributed by atoms with Crippen LogP contribution in [0.15, 0.2) is 73.3 Å². The molecule has 4 aromatic rings. The molecule has 2 aliphatic heterocycles. The number of para-hydroxylation sites is 1. The Morgan fingerprint density at radius 3 is 2.10 bits per heavy atom. The van der Waals surface area contributed by atoms with Crippen molar-refractivity contribution in [2.75, 3.05) is 13.1 Å². The molecule has 6 rings (SSSR count). The molecule has 24 heteroatoms. The van der Waals surface area contributed by atoms with E-state index < -0.39 is 102 Å². The van der Waals surface area contributed by atoms with Gasteiger partial charge in [0.2, 0.25) is 41.4 Å². The topological polar surface area (TPSA) is 373 Å². The third kappa shape index (κ3) is 13.9. The number of H-pyrrole nitrogens is 2. The van der Waals surface area contributed by atoms with E-state index in [0.29, 0.717) is 28.1 Å². The molecule has 0 aliphatic carbocycles. The molecule has 0 radical (unpaired) electrons. The maximum absolute atomic E-state index is 14.6. The van der Waals surface area contributed by atoms with Gasteiger partial charge in [-0.15, -0.1) is 0 Å². The van der Waals surface area contributed by atoms with E-state index in [2.05, 4.69) is 57.5 Å². The predicted molar refractivity (Wildman–Crippen MR) is 253 cm³/mol. The van der Waals surface area contributed by atoms with Crippen LogP contribution < -0.4 is 54.0 Å². The number of hydrogen-bond acceptors (Lipinski definition) is 11. The highest BCUT2D eigenvalue weighted by atomic mass is 16.2. The predicted octanol–water partition coefficient (Wildman–Crippen LogP) is -1.91. The highest BCUT2D eigenvalue weighted by Crippen LogP contribution is 2.20. The van der Waals surface area contributed by atoms with Crippen LogP contribution in [0.3, 0.4) is 0 Å². The number of hydrogen-bond donors (Lipinski definition) is 13. The van der Waals surface area contributed by atoms with E-state index in [-0.39, 0.29) is 64.0 Å². The van der Waals surface area contributed by atoms with Crippen LogP contribution in [0.4, 0.5) is 4.79 Å². The Hall–Kier alpha value is -8.31. The molecule has 24 nitrogen and oxygen atoms in total. The van der Waals surface area contributed by atoms with Crippen molar-refractivity contribution in [3.8, 4) is 0 Å². The Kier molecular flexibility index (Phi) is 17.6. The van der Waals surface area contributed by atoms with Gasteiger partial charge in [0, 0.05) is 61.3 Å². The number of imidazole rings is 1. The number of imide groups is 1. The highest BCUT2D eigenvalue weighted by Gasteiger charge is 2.44. The zero-order chi connectivity index (χ0) is 50.3. The second-order valence-electron chi connectivity index (χ2n) is 17.2. The molecule has 0 spiro atoms. The van der Waals surface area contributed by atoms with E-state index >= 15 is 0 Å². The van der Waals surface area contributed by atoms with Crippen molar-refractivity contribution in [3.05, 3.63) is 90.1 Å². The number of primary amides is 1. The Bertz CT molecular complexity index is 2550.